The molecule has 1 aliphatic rings. The van der Waals surface area contributed by atoms with Crippen molar-refractivity contribution in [2.75, 3.05) is 0 Å². The van der Waals surface area contributed by atoms with Crippen molar-refractivity contribution in [3.05, 3.63) is 70.9 Å². The highest BCUT2D eigenvalue weighted by Crippen LogP contribution is 2.26. The Kier molecular flexibility index (Phi) is 3.39. The molecule has 0 fully saturated rings. The molecule has 0 radical (unpaired) electrons. The normalized spacial score (nSPS) is 13.4. The van der Waals surface area contributed by atoms with Gasteiger partial charge in [0.25, 0.3) is 11.8 Å². The van der Waals surface area contributed by atoms with Gasteiger partial charge in [-0.15, -0.1) is 0 Å². The summed E-state index contributed by atoms with van der Waals surface area (Å²) in [5.41, 5.74) is 2.65. The van der Waals surface area contributed by atoms with Crippen molar-refractivity contribution in [2.24, 2.45) is 0 Å². The van der Waals surface area contributed by atoms with Crippen LogP contribution in [0.1, 0.15) is 43.6 Å². The predicted octanol–water partition coefficient (Wildman–Crippen LogP) is 3.10. The summed E-state index contributed by atoms with van der Waals surface area (Å²) in [6.45, 7) is 2.02. The Morgan fingerprint density at radius 3 is 2.36 bits per heavy atom. The van der Waals surface area contributed by atoms with Gasteiger partial charge in [-0.05, 0) is 24.1 Å². The number of carbonyl (C=O) groups is 3. The van der Waals surface area contributed by atoms with Crippen molar-refractivity contribution in [3.63, 3.8) is 0 Å². The van der Waals surface area contributed by atoms with E-state index in [2.05, 4.69) is 4.98 Å². The number of aromatic amines is 1. The highest BCUT2D eigenvalue weighted by atomic mass is 16.7. The first kappa shape index (κ1) is 15.1. The molecule has 0 bridgehead atoms. The van der Waals surface area contributed by atoms with E-state index in [1.807, 2.05) is 19.1 Å². The Balaban J connectivity index is 1.66. The highest BCUT2D eigenvalue weighted by Gasteiger charge is 2.39. The summed E-state index contributed by atoms with van der Waals surface area (Å²) >= 11 is 0. The summed E-state index contributed by atoms with van der Waals surface area (Å²) in [4.78, 5) is 45.3. The van der Waals surface area contributed by atoms with Crippen LogP contribution in [0.5, 0.6) is 0 Å². The molecule has 1 N–H and O–H groups in total. The molecule has 0 saturated heterocycles. The van der Waals surface area contributed by atoms with Gasteiger partial charge in [-0.2, -0.15) is 0 Å². The molecule has 0 atom stereocenters. The van der Waals surface area contributed by atoms with Crippen molar-refractivity contribution >= 4 is 28.7 Å². The van der Waals surface area contributed by atoms with E-state index in [4.69, 9.17) is 4.84 Å². The molecule has 25 heavy (non-hydrogen) atoms. The van der Waals surface area contributed by atoms with E-state index in [0.717, 1.165) is 17.5 Å². The van der Waals surface area contributed by atoms with Gasteiger partial charge in [0.1, 0.15) is 0 Å². The maximum atomic E-state index is 12.5. The van der Waals surface area contributed by atoms with Crippen LogP contribution in [0.3, 0.4) is 0 Å². The van der Waals surface area contributed by atoms with Crippen molar-refractivity contribution in [1.29, 1.82) is 0 Å². The molecule has 4 rings (SSSR count). The zero-order valence-corrected chi connectivity index (χ0v) is 13.4. The zero-order chi connectivity index (χ0) is 17.6. The molecule has 6 heteroatoms. The van der Waals surface area contributed by atoms with E-state index in [9.17, 15) is 14.4 Å². The van der Waals surface area contributed by atoms with Crippen molar-refractivity contribution < 1.29 is 19.2 Å². The summed E-state index contributed by atoms with van der Waals surface area (Å²) in [6.07, 6.45) is 2.34. The van der Waals surface area contributed by atoms with Crippen LogP contribution in [-0.4, -0.2) is 27.8 Å². The number of H-pyrrole nitrogens is 1. The first-order chi connectivity index (χ1) is 12.1. The molecule has 0 unspecified atom stereocenters. The average Bonchev–Trinajstić information content (AvgIpc) is 3.17. The average molecular weight is 334 g/mol. The van der Waals surface area contributed by atoms with Crippen molar-refractivity contribution in [1.82, 2.24) is 10.0 Å². The number of aromatic nitrogens is 1. The first-order valence-electron chi connectivity index (χ1n) is 7.91. The third-order valence-corrected chi connectivity index (χ3v) is 4.33. The molecule has 124 valence electrons. The number of nitrogens with zero attached hydrogens (tertiary/aromatic N) is 1. The van der Waals surface area contributed by atoms with Gasteiger partial charge in [0.2, 0.25) is 0 Å². The topological polar surface area (TPSA) is 79.5 Å². The van der Waals surface area contributed by atoms with Crippen LogP contribution in [0, 0.1) is 0 Å². The minimum absolute atomic E-state index is 0.229. The van der Waals surface area contributed by atoms with Crippen molar-refractivity contribution in [2.45, 2.75) is 13.3 Å². The number of benzene rings is 2. The molecule has 0 saturated carbocycles. The van der Waals surface area contributed by atoms with Gasteiger partial charge in [0, 0.05) is 17.1 Å². The number of hydroxylamine groups is 2. The van der Waals surface area contributed by atoms with Crippen LogP contribution in [-0.2, 0) is 11.3 Å². The fourth-order valence-corrected chi connectivity index (χ4v) is 3.06. The second-order valence-corrected chi connectivity index (χ2v) is 5.72. The molecular formula is C19H14N2O4. The lowest BCUT2D eigenvalue weighted by molar-refractivity contribution is -0.0583. The Morgan fingerprint density at radius 1 is 1.04 bits per heavy atom. The van der Waals surface area contributed by atoms with E-state index in [0.29, 0.717) is 10.4 Å². The zero-order valence-electron chi connectivity index (χ0n) is 13.4. The summed E-state index contributed by atoms with van der Waals surface area (Å²) in [5, 5.41) is 1.22. The van der Waals surface area contributed by atoms with Gasteiger partial charge in [-0.3, -0.25) is 9.59 Å². The fourth-order valence-electron chi connectivity index (χ4n) is 3.06. The van der Waals surface area contributed by atoms with E-state index in [-0.39, 0.29) is 16.7 Å². The van der Waals surface area contributed by atoms with Crippen molar-refractivity contribution in [3.8, 4) is 0 Å². The monoisotopic (exact) mass is 334 g/mol. The molecular weight excluding hydrogens is 320 g/mol. The number of fused-ring (bicyclic) bond motifs is 2. The maximum Gasteiger partial charge on any atom is 0.366 e. The molecule has 3 aromatic rings. The number of amides is 2. The standard InChI is InChI=1S/C19H14N2O4/c1-2-11-6-5-9-12-15(10-20-16(11)12)19(24)25-21-17(22)13-7-3-4-8-14(13)18(21)23/h3-10,20H,2H2,1H3. The van der Waals surface area contributed by atoms with Gasteiger partial charge in [-0.25, -0.2) is 4.79 Å². The van der Waals surface area contributed by atoms with Gasteiger partial charge in [0.05, 0.1) is 16.7 Å². The van der Waals surface area contributed by atoms with Gasteiger partial charge < -0.3 is 9.82 Å². The Bertz CT molecular complexity index is 1000. The number of hydrogen-bond acceptors (Lipinski definition) is 4. The van der Waals surface area contributed by atoms with Crippen LogP contribution in [0.15, 0.2) is 48.7 Å². The summed E-state index contributed by atoms with van der Waals surface area (Å²) < 4.78 is 0. The molecule has 2 amide bonds. The van der Waals surface area contributed by atoms with Gasteiger partial charge in [0.15, 0.2) is 0 Å². The minimum atomic E-state index is -0.756. The Labute approximate surface area is 143 Å². The lowest BCUT2D eigenvalue weighted by Gasteiger charge is -2.12. The third kappa shape index (κ3) is 2.22. The third-order valence-electron chi connectivity index (χ3n) is 4.33. The molecule has 1 aliphatic heterocycles. The molecule has 2 aromatic carbocycles. The number of imide groups is 1. The van der Waals surface area contributed by atoms with Gasteiger partial charge >= 0.3 is 5.97 Å². The quantitative estimate of drug-likeness (QED) is 0.747. The first-order valence-corrected chi connectivity index (χ1v) is 7.91. The minimum Gasteiger partial charge on any atom is -0.360 e. The fraction of sp³-hybridized carbons (Fsp3) is 0.105. The van der Waals surface area contributed by atoms with E-state index >= 15 is 0 Å². The van der Waals surface area contributed by atoms with Gasteiger partial charge in [-0.1, -0.05) is 42.3 Å². The lowest BCUT2D eigenvalue weighted by Crippen LogP contribution is -2.32. The van der Waals surface area contributed by atoms with E-state index in [1.165, 1.54) is 18.3 Å². The van der Waals surface area contributed by atoms with Crippen LogP contribution in [0.2, 0.25) is 0 Å². The second-order valence-electron chi connectivity index (χ2n) is 5.72. The molecule has 2 heterocycles. The number of carbonyl (C=O) groups excluding carboxylic acids is 3. The smallest absolute Gasteiger partial charge is 0.360 e. The SMILES string of the molecule is CCc1cccc2c(C(=O)ON3C(=O)c4ccccc4C3=O)c[nH]c12. The summed E-state index contributed by atoms with van der Waals surface area (Å²) in [7, 11) is 0. The van der Waals surface area contributed by atoms with Crippen LogP contribution < -0.4 is 0 Å². The number of nitrogens with one attached hydrogen (secondary N) is 1. The maximum absolute atomic E-state index is 12.5. The number of hydrogen-bond donors (Lipinski definition) is 1. The Hall–Kier alpha value is -3.41. The predicted molar refractivity (Wildman–Crippen MR) is 90.0 cm³/mol. The molecule has 0 aliphatic carbocycles. The number of rotatable bonds is 3. The summed E-state index contributed by atoms with van der Waals surface area (Å²) in [6, 6.07) is 12.0. The Morgan fingerprint density at radius 2 is 1.72 bits per heavy atom. The molecule has 6 nitrogen and oxygen atoms in total. The number of para-hydroxylation sites is 1. The molecule has 0 spiro atoms. The van der Waals surface area contributed by atoms with Crippen LogP contribution in [0.25, 0.3) is 10.9 Å². The highest BCUT2D eigenvalue weighted by molar-refractivity contribution is 6.21. The summed E-state index contributed by atoms with van der Waals surface area (Å²) in [5.74, 6) is -2.03. The van der Waals surface area contributed by atoms with Crippen LogP contribution in [0.4, 0.5) is 0 Å². The largest absolute Gasteiger partial charge is 0.366 e. The van der Waals surface area contributed by atoms with Crippen LogP contribution >= 0.6 is 0 Å². The second kappa shape index (κ2) is 5.59. The van der Waals surface area contributed by atoms with E-state index in [1.54, 1.807) is 18.2 Å². The van der Waals surface area contributed by atoms with E-state index < -0.39 is 17.8 Å². The number of aryl methyl sites for hydroxylation is 1. The molecule has 1 aromatic heterocycles. The lowest BCUT2D eigenvalue weighted by atomic mass is 10.1.